The Balaban J connectivity index is 1.96. The first-order valence-electron chi connectivity index (χ1n) is 5.82. The van der Waals surface area contributed by atoms with Crippen LogP contribution in [0, 0.1) is 29.1 Å². The van der Waals surface area contributed by atoms with Gasteiger partial charge in [0.2, 0.25) is 5.82 Å². The number of fused-ring (bicyclic) bond motifs is 1. The van der Waals surface area contributed by atoms with Crippen LogP contribution in [0.3, 0.4) is 0 Å². The minimum absolute atomic E-state index is 0.412. The van der Waals surface area contributed by atoms with Crippen molar-refractivity contribution in [3.63, 3.8) is 0 Å². The molecule has 0 aliphatic heterocycles. The van der Waals surface area contributed by atoms with Crippen molar-refractivity contribution in [3.8, 4) is 0 Å². The Hall–Kier alpha value is -1.74. The van der Waals surface area contributed by atoms with E-state index in [1.807, 2.05) is 0 Å². The SMILES string of the molecule is Fc1c(F)c(F)c(CSc2ncnc3sccc23)c(F)c1F. The Morgan fingerprint density at radius 3 is 2.23 bits per heavy atom. The third-order valence-corrected chi connectivity index (χ3v) is 4.73. The molecule has 1 aromatic carbocycles. The van der Waals surface area contributed by atoms with E-state index in [0.717, 1.165) is 11.8 Å². The van der Waals surface area contributed by atoms with Crippen LogP contribution in [-0.2, 0) is 5.75 Å². The van der Waals surface area contributed by atoms with Crippen molar-refractivity contribution in [1.29, 1.82) is 0 Å². The molecule has 0 atom stereocenters. The van der Waals surface area contributed by atoms with Crippen molar-refractivity contribution in [1.82, 2.24) is 9.97 Å². The number of thioether (sulfide) groups is 1. The predicted octanol–water partition coefficient (Wildman–Crippen LogP) is 4.68. The van der Waals surface area contributed by atoms with Gasteiger partial charge in [-0.3, -0.25) is 0 Å². The monoisotopic (exact) mass is 348 g/mol. The van der Waals surface area contributed by atoms with E-state index >= 15 is 0 Å². The van der Waals surface area contributed by atoms with Crippen LogP contribution in [0.2, 0.25) is 0 Å². The summed E-state index contributed by atoms with van der Waals surface area (Å²) in [5.74, 6) is -10.1. The zero-order chi connectivity index (χ0) is 15.9. The van der Waals surface area contributed by atoms with Crippen LogP contribution < -0.4 is 0 Å². The number of halogens is 5. The first-order chi connectivity index (χ1) is 10.5. The largest absolute Gasteiger partial charge is 0.229 e. The lowest BCUT2D eigenvalue weighted by Crippen LogP contribution is -2.06. The summed E-state index contributed by atoms with van der Waals surface area (Å²) in [6, 6.07) is 1.72. The molecule has 2 nitrogen and oxygen atoms in total. The van der Waals surface area contributed by atoms with Gasteiger partial charge in [0.05, 0.1) is 0 Å². The van der Waals surface area contributed by atoms with E-state index in [1.54, 1.807) is 11.4 Å². The van der Waals surface area contributed by atoms with Crippen LogP contribution in [0.5, 0.6) is 0 Å². The van der Waals surface area contributed by atoms with Crippen molar-refractivity contribution in [2.45, 2.75) is 10.8 Å². The molecule has 114 valence electrons. The molecule has 0 saturated carbocycles. The minimum Gasteiger partial charge on any atom is -0.229 e. The van der Waals surface area contributed by atoms with Gasteiger partial charge in [-0.05, 0) is 11.4 Å². The summed E-state index contributed by atoms with van der Waals surface area (Å²) in [5.41, 5.74) is -0.872. The van der Waals surface area contributed by atoms with Crippen LogP contribution in [0.15, 0.2) is 22.8 Å². The quantitative estimate of drug-likeness (QED) is 0.226. The van der Waals surface area contributed by atoms with Crippen LogP contribution in [0.1, 0.15) is 5.56 Å². The lowest BCUT2D eigenvalue weighted by atomic mass is 10.2. The van der Waals surface area contributed by atoms with Gasteiger partial charge in [-0.25, -0.2) is 31.9 Å². The van der Waals surface area contributed by atoms with Gasteiger partial charge < -0.3 is 0 Å². The fourth-order valence-electron chi connectivity index (χ4n) is 1.80. The molecule has 0 unspecified atom stereocenters. The van der Waals surface area contributed by atoms with Crippen LogP contribution in [0.25, 0.3) is 10.2 Å². The number of hydrogen-bond donors (Lipinski definition) is 0. The fraction of sp³-hybridized carbons (Fsp3) is 0.0769. The molecular formula is C13H5F5N2S2. The topological polar surface area (TPSA) is 25.8 Å². The number of hydrogen-bond acceptors (Lipinski definition) is 4. The first-order valence-corrected chi connectivity index (χ1v) is 7.68. The van der Waals surface area contributed by atoms with Gasteiger partial charge >= 0.3 is 0 Å². The lowest BCUT2D eigenvalue weighted by Gasteiger charge is -2.08. The van der Waals surface area contributed by atoms with Gasteiger partial charge in [-0.2, -0.15) is 0 Å². The Bertz CT molecular complexity index is 836. The molecule has 3 rings (SSSR count). The highest BCUT2D eigenvalue weighted by atomic mass is 32.2. The van der Waals surface area contributed by atoms with Gasteiger partial charge in [-0.1, -0.05) is 0 Å². The standard InChI is InChI=1S/C13H5F5N2S2/c14-7-6(8(15)10(17)11(18)9(7)16)3-22-13-5-1-2-21-12(5)19-4-20-13/h1-2,4H,3H2. The number of aromatic nitrogens is 2. The van der Waals surface area contributed by atoms with Gasteiger partial charge in [0, 0.05) is 16.7 Å². The molecule has 0 radical (unpaired) electrons. The van der Waals surface area contributed by atoms with E-state index in [4.69, 9.17) is 0 Å². The zero-order valence-corrected chi connectivity index (χ0v) is 12.2. The van der Waals surface area contributed by atoms with Gasteiger partial charge in [0.1, 0.15) is 16.2 Å². The summed E-state index contributed by atoms with van der Waals surface area (Å²) in [5, 5.41) is 2.85. The third-order valence-electron chi connectivity index (χ3n) is 2.88. The summed E-state index contributed by atoms with van der Waals surface area (Å²) in [7, 11) is 0. The van der Waals surface area contributed by atoms with E-state index in [1.165, 1.54) is 17.7 Å². The van der Waals surface area contributed by atoms with Crippen molar-refractivity contribution in [3.05, 3.63) is 52.4 Å². The van der Waals surface area contributed by atoms with Gasteiger partial charge in [-0.15, -0.1) is 23.1 Å². The fourth-order valence-corrected chi connectivity index (χ4v) is 3.57. The normalized spacial score (nSPS) is 11.3. The molecule has 0 saturated heterocycles. The van der Waals surface area contributed by atoms with Gasteiger partial charge in [0.15, 0.2) is 23.3 Å². The number of rotatable bonds is 3. The Kier molecular flexibility index (Phi) is 4.00. The molecule has 3 aromatic rings. The predicted molar refractivity (Wildman–Crippen MR) is 73.2 cm³/mol. The molecule has 2 heterocycles. The summed E-state index contributed by atoms with van der Waals surface area (Å²) < 4.78 is 66.4. The number of nitrogens with zero attached hydrogens (tertiary/aromatic N) is 2. The Morgan fingerprint density at radius 2 is 1.55 bits per heavy atom. The molecule has 0 spiro atoms. The second-order valence-electron chi connectivity index (χ2n) is 4.16. The van der Waals surface area contributed by atoms with Gasteiger partial charge in [0.25, 0.3) is 0 Å². The average molecular weight is 348 g/mol. The molecule has 0 aliphatic carbocycles. The van der Waals surface area contributed by atoms with E-state index < -0.39 is 40.4 Å². The molecule has 0 amide bonds. The second-order valence-corrected chi connectivity index (χ2v) is 6.01. The van der Waals surface area contributed by atoms with Crippen molar-refractivity contribution >= 4 is 33.3 Å². The van der Waals surface area contributed by atoms with Crippen molar-refractivity contribution in [2.75, 3.05) is 0 Å². The summed E-state index contributed by atoms with van der Waals surface area (Å²) >= 11 is 2.23. The highest BCUT2D eigenvalue weighted by molar-refractivity contribution is 7.98. The summed E-state index contributed by atoms with van der Waals surface area (Å²) in [6.07, 6.45) is 1.28. The highest BCUT2D eigenvalue weighted by Crippen LogP contribution is 2.32. The molecule has 0 aliphatic rings. The Labute approximate surface area is 129 Å². The van der Waals surface area contributed by atoms with Crippen LogP contribution in [0.4, 0.5) is 22.0 Å². The maximum atomic E-state index is 13.6. The van der Waals surface area contributed by atoms with Crippen molar-refractivity contribution in [2.24, 2.45) is 0 Å². The maximum absolute atomic E-state index is 13.6. The molecule has 2 aromatic heterocycles. The third kappa shape index (κ3) is 2.44. The zero-order valence-electron chi connectivity index (χ0n) is 10.5. The summed E-state index contributed by atoms with van der Waals surface area (Å²) in [4.78, 5) is 8.65. The second kappa shape index (κ2) is 5.81. The smallest absolute Gasteiger partial charge is 0.200 e. The number of benzene rings is 1. The lowest BCUT2D eigenvalue weighted by molar-refractivity contribution is 0.372. The average Bonchev–Trinajstić information content (AvgIpc) is 3.00. The molecule has 0 N–H and O–H groups in total. The summed E-state index contributed by atoms with van der Waals surface area (Å²) in [6.45, 7) is 0. The minimum atomic E-state index is -2.16. The highest BCUT2D eigenvalue weighted by Gasteiger charge is 2.25. The van der Waals surface area contributed by atoms with E-state index in [-0.39, 0.29) is 0 Å². The van der Waals surface area contributed by atoms with E-state index in [2.05, 4.69) is 9.97 Å². The number of thiophene rings is 1. The van der Waals surface area contributed by atoms with E-state index in [9.17, 15) is 22.0 Å². The first kappa shape index (κ1) is 15.2. The maximum Gasteiger partial charge on any atom is 0.200 e. The molecule has 0 fully saturated rings. The van der Waals surface area contributed by atoms with Crippen LogP contribution >= 0.6 is 23.1 Å². The Morgan fingerprint density at radius 1 is 0.909 bits per heavy atom. The van der Waals surface area contributed by atoms with Crippen molar-refractivity contribution < 1.29 is 22.0 Å². The van der Waals surface area contributed by atoms with Crippen LogP contribution in [-0.4, -0.2) is 9.97 Å². The molecule has 9 heteroatoms. The van der Waals surface area contributed by atoms with E-state index in [0.29, 0.717) is 15.2 Å². The molecule has 22 heavy (non-hydrogen) atoms. The molecule has 0 bridgehead atoms. The molecular weight excluding hydrogens is 343 g/mol.